The molecule has 0 saturated carbocycles. The molecule has 2 aromatic carbocycles. The second-order valence-corrected chi connectivity index (χ2v) is 17.8. The molecule has 0 spiro atoms. The number of thioether (sulfide) groups is 1. The van der Waals surface area contributed by atoms with Crippen molar-refractivity contribution < 1.29 is 23.7 Å². The molecule has 0 radical (unpaired) electrons. The summed E-state index contributed by atoms with van der Waals surface area (Å²) in [4.78, 5) is 0.984. The summed E-state index contributed by atoms with van der Waals surface area (Å²) < 4.78 is 22.9. The van der Waals surface area contributed by atoms with Gasteiger partial charge in [-0.3, -0.25) is 0 Å². The van der Waals surface area contributed by atoms with E-state index in [4.69, 9.17) is 18.6 Å². The quantitative estimate of drug-likeness (QED) is 0.176. The summed E-state index contributed by atoms with van der Waals surface area (Å²) in [5.74, 6) is 8.59. The molecule has 214 valence electrons. The molecule has 1 aliphatic heterocycles. The lowest BCUT2D eigenvalue weighted by atomic mass is 9.66. The highest BCUT2D eigenvalue weighted by Gasteiger charge is 2.52. The van der Waals surface area contributed by atoms with E-state index in [2.05, 4.69) is 52.6 Å². The Balaban J connectivity index is 1.65. The summed E-state index contributed by atoms with van der Waals surface area (Å²) in [6.45, 7) is 15.2. The van der Waals surface area contributed by atoms with Crippen LogP contribution in [0.4, 0.5) is 0 Å². The third kappa shape index (κ3) is 7.23. The number of aliphatic hydroxyl groups is 1. The molecule has 0 aromatic heterocycles. The van der Waals surface area contributed by atoms with Gasteiger partial charge >= 0.3 is 0 Å². The number of hydrogen-bond acceptors (Lipinski definition) is 6. The van der Waals surface area contributed by atoms with Crippen molar-refractivity contribution in [3.63, 3.8) is 0 Å². The predicted octanol–water partition coefficient (Wildman–Crippen LogP) is 7.17. The van der Waals surface area contributed by atoms with Gasteiger partial charge in [0.2, 0.25) is 0 Å². The van der Waals surface area contributed by atoms with Crippen molar-refractivity contribution in [1.82, 2.24) is 0 Å². The number of ether oxygens (including phenoxy) is 3. The smallest absolute Gasteiger partial charge is 0.191 e. The third-order valence-corrected chi connectivity index (χ3v) is 14.2. The Hall–Kier alpha value is -1.95. The lowest BCUT2D eigenvalue weighted by molar-refractivity contribution is 0.0231. The van der Waals surface area contributed by atoms with Crippen LogP contribution in [0.5, 0.6) is 11.5 Å². The summed E-state index contributed by atoms with van der Waals surface area (Å²) in [7, 11) is 1.63. The van der Waals surface area contributed by atoms with Gasteiger partial charge in [-0.05, 0) is 67.2 Å². The second kappa shape index (κ2) is 13.1. The van der Waals surface area contributed by atoms with Gasteiger partial charge in [0.1, 0.15) is 18.1 Å². The Morgan fingerprint density at radius 1 is 0.949 bits per heavy atom. The van der Waals surface area contributed by atoms with Gasteiger partial charge in [-0.15, -0.1) is 11.8 Å². The average molecular weight is 571 g/mol. The van der Waals surface area contributed by atoms with Crippen LogP contribution in [0.15, 0.2) is 47.4 Å². The fourth-order valence-electron chi connectivity index (χ4n) is 4.44. The minimum absolute atomic E-state index is 0.242. The number of methoxy groups -OCH3 is 2. The Kier molecular flexibility index (Phi) is 10.6. The molecule has 2 unspecified atom stereocenters. The monoisotopic (exact) mass is 570 g/mol. The standard InChI is InChI=1S/C32H46O5SSi/c1-30(2,3)39(7,8)37-22-11-9-10-20-36-21-12-19-32(33)28-18-17-27(35-6)23-29(28)38-24-31(32,4)25-13-15-26(34-5)16-14-25/h13-18,23,33H,9-11,20-22,24H2,1-8H3. The molecule has 7 heteroatoms. The first kappa shape index (κ1) is 31.6. The number of unbranched alkanes of at least 4 members (excludes halogenated alkanes) is 2. The predicted molar refractivity (Wildman–Crippen MR) is 164 cm³/mol. The molecule has 2 atom stereocenters. The molecule has 0 aliphatic carbocycles. The van der Waals surface area contributed by atoms with Gasteiger partial charge in [-0.25, -0.2) is 0 Å². The maximum absolute atomic E-state index is 12.3. The van der Waals surface area contributed by atoms with Crippen LogP contribution < -0.4 is 9.47 Å². The molecular weight excluding hydrogens is 525 g/mol. The molecule has 5 nitrogen and oxygen atoms in total. The molecule has 0 bridgehead atoms. The minimum atomic E-state index is -1.67. The van der Waals surface area contributed by atoms with Crippen LogP contribution in [0.25, 0.3) is 0 Å². The Morgan fingerprint density at radius 2 is 1.59 bits per heavy atom. The SMILES string of the molecule is COc1ccc(C2(C)CSc3cc(OC)ccc3C2(O)C#CCOCCCCCO[Si](C)(C)C(C)(C)C)cc1. The highest BCUT2D eigenvalue weighted by Crippen LogP contribution is 2.53. The van der Waals surface area contributed by atoms with Gasteiger partial charge < -0.3 is 23.7 Å². The molecule has 0 amide bonds. The van der Waals surface area contributed by atoms with Gasteiger partial charge in [-0.1, -0.05) is 57.7 Å². The highest BCUT2D eigenvalue weighted by molar-refractivity contribution is 7.99. The first-order valence-electron chi connectivity index (χ1n) is 13.8. The van der Waals surface area contributed by atoms with E-state index in [1.807, 2.05) is 42.5 Å². The summed E-state index contributed by atoms with van der Waals surface area (Å²) >= 11 is 1.71. The van der Waals surface area contributed by atoms with E-state index in [9.17, 15) is 5.11 Å². The summed E-state index contributed by atoms with van der Waals surface area (Å²) in [5, 5.41) is 12.5. The van der Waals surface area contributed by atoms with Crippen LogP contribution in [0, 0.1) is 11.8 Å². The molecule has 0 saturated heterocycles. The van der Waals surface area contributed by atoms with Crippen molar-refractivity contribution in [2.45, 2.75) is 81.0 Å². The topological polar surface area (TPSA) is 57.2 Å². The maximum Gasteiger partial charge on any atom is 0.191 e. The zero-order valence-electron chi connectivity index (χ0n) is 25.0. The van der Waals surface area contributed by atoms with Crippen LogP contribution in [0.2, 0.25) is 18.1 Å². The fraction of sp³-hybridized carbons (Fsp3) is 0.562. The van der Waals surface area contributed by atoms with Crippen molar-refractivity contribution in [3.8, 4) is 23.3 Å². The van der Waals surface area contributed by atoms with E-state index < -0.39 is 19.3 Å². The van der Waals surface area contributed by atoms with Gasteiger partial charge in [0.05, 0.1) is 14.2 Å². The van der Waals surface area contributed by atoms with Gasteiger partial charge in [-0.2, -0.15) is 0 Å². The molecule has 39 heavy (non-hydrogen) atoms. The van der Waals surface area contributed by atoms with Crippen LogP contribution in [-0.4, -0.2) is 53.2 Å². The lowest BCUT2D eigenvalue weighted by Crippen LogP contribution is -2.50. The first-order valence-corrected chi connectivity index (χ1v) is 17.7. The Labute approximate surface area is 241 Å². The molecule has 1 aliphatic rings. The maximum atomic E-state index is 12.3. The minimum Gasteiger partial charge on any atom is -0.497 e. The average Bonchev–Trinajstić information content (AvgIpc) is 2.91. The summed E-state index contributed by atoms with van der Waals surface area (Å²) in [6.07, 6.45) is 3.07. The Morgan fingerprint density at radius 3 is 2.23 bits per heavy atom. The van der Waals surface area contributed by atoms with Gasteiger partial charge in [0, 0.05) is 34.8 Å². The largest absolute Gasteiger partial charge is 0.497 e. The number of rotatable bonds is 11. The fourth-order valence-corrected chi connectivity index (χ4v) is 6.92. The van der Waals surface area contributed by atoms with E-state index in [-0.39, 0.29) is 11.6 Å². The van der Waals surface area contributed by atoms with Crippen molar-refractivity contribution in [1.29, 1.82) is 0 Å². The Bertz CT molecular complexity index is 1150. The van der Waals surface area contributed by atoms with Crippen LogP contribution in [-0.2, 0) is 20.2 Å². The van der Waals surface area contributed by atoms with E-state index >= 15 is 0 Å². The van der Waals surface area contributed by atoms with E-state index in [0.29, 0.717) is 12.4 Å². The molecule has 0 fully saturated rings. The summed E-state index contributed by atoms with van der Waals surface area (Å²) in [6, 6.07) is 13.7. The van der Waals surface area contributed by atoms with E-state index in [1.54, 1.807) is 26.0 Å². The summed E-state index contributed by atoms with van der Waals surface area (Å²) in [5.41, 5.74) is -0.219. The number of hydrogen-bond donors (Lipinski definition) is 1. The zero-order chi connectivity index (χ0) is 28.7. The van der Waals surface area contributed by atoms with Crippen molar-refractivity contribution >= 4 is 20.1 Å². The second-order valence-electron chi connectivity index (χ2n) is 11.9. The first-order chi connectivity index (χ1) is 18.4. The molecule has 1 heterocycles. The van der Waals surface area contributed by atoms with Crippen LogP contribution >= 0.6 is 11.8 Å². The molecule has 2 aromatic rings. The lowest BCUT2D eigenvalue weighted by Gasteiger charge is -2.46. The van der Waals surface area contributed by atoms with Gasteiger partial charge in [0.25, 0.3) is 0 Å². The van der Waals surface area contributed by atoms with E-state index in [0.717, 1.165) is 53.4 Å². The van der Waals surface area contributed by atoms with Crippen molar-refractivity contribution in [3.05, 3.63) is 53.6 Å². The molecule has 1 N–H and O–H groups in total. The van der Waals surface area contributed by atoms with Gasteiger partial charge in [0.15, 0.2) is 13.9 Å². The normalized spacial score (nSPS) is 21.1. The van der Waals surface area contributed by atoms with Crippen molar-refractivity contribution in [2.24, 2.45) is 0 Å². The third-order valence-electron chi connectivity index (χ3n) is 8.27. The highest BCUT2D eigenvalue weighted by atomic mass is 32.2. The molecular formula is C32H46O5SSi. The van der Waals surface area contributed by atoms with Crippen molar-refractivity contribution in [2.75, 3.05) is 39.8 Å². The number of benzene rings is 2. The van der Waals surface area contributed by atoms with E-state index in [1.165, 1.54) is 0 Å². The molecule has 3 rings (SSSR count). The van der Waals surface area contributed by atoms with Crippen LogP contribution in [0.1, 0.15) is 58.1 Å². The van der Waals surface area contributed by atoms with Crippen LogP contribution in [0.3, 0.4) is 0 Å². The number of fused-ring (bicyclic) bond motifs is 1. The zero-order valence-corrected chi connectivity index (χ0v) is 26.8.